The lowest BCUT2D eigenvalue weighted by molar-refractivity contribution is 0.0576. The van der Waals surface area contributed by atoms with Crippen LogP contribution in [-0.4, -0.2) is 28.4 Å². The van der Waals surface area contributed by atoms with E-state index in [9.17, 15) is 4.79 Å². The smallest absolute Gasteiger partial charge is 0.414 e. The lowest BCUT2D eigenvalue weighted by Gasteiger charge is -2.32. The van der Waals surface area contributed by atoms with Crippen molar-refractivity contribution in [2.75, 3.05) is 11.4 Å². The summed E-state index contributed by atoms with van der Waals surface area (Å²) < 4.78 is 5.42. The van der Waals surface area contributed by atoms with Crippen molar-refractivity contribution >= 4 is 11.8 Å². The molecule has 0 spiro atoms. The molecule has 2 rings (SSSR count). The summed E-state index contributed by atoms with van der Waals surface area (Å²) in [4.78, 5) is 13.8. The number of ether oxygens (including phenoxy) is 1. The van der Waals surface area contributed by atoms with Gasteiger partial charge in [-0.1, -0.05) is 6.92 Å². The molecule has 1 amide bonds. The van der Waals surface area contributed by atoms with Crippen molar-refractivity contribution in [2.45, 2.75) is 52.1 Å². The van der Waals surface area contributed by atoms with Gasteiger partial charge in [0.1, 0.15) is 5.60 Å². The molecule has 100 valence electrons. The van der Waals surface area contributed by atoms with E-state index in [1.165, 1.54) is 0 Å². The van der Waals surface area contributed by atoms with Gasteiger partial charge in [-0.3, -0.25) is 10.00 Å². The summed E-state index contributed by atoms with van der Waals surface area (Å²) in [5.74, 6) is 0.459. The number of nitrogens with zero attached hydrogens (tertiary/aromatic N) is 2. The molecule has 0 saturated carbocycles. The largest absolute Gasteiger partial charge is 0.443 e. The van der Waals surface area contributed by atoms with Crippen LogP contribution in [0.1, 0.15) is 52.1 Å². The van der Waals surface area contributed by atoms with E-state index in [2.05, 4.69) is 17.1 Å². The highest BCUT2D eigenvalue weighted by molar-refractivity contribution is 5.89. The topological polar surface area (TPSA) is 58.2 Å². The average molecular weight is 251 g/mol. The van der Waals surface area contributed by atoms with Crippen molar-refractivity contribution in [3.8, 4) is 0 Å². The van der Waals surface area contributed by atoms with E-state index in [1.807, 2.05) is 20.8 Å². The maximum atomic E-state index is 12.1. The number of aromatic nitrogens is 2. The normalized spacial score (nSPS) is 19.6. The molecule has 1 unspecified atom stereocenters. The highest BCUT2D eigenvalue weighted by atomic mass is 16.6. The van der Waals surface area contributed by atoms with Crippen molar-refractivity contribution in [1.29, 1.82) is 0 Å². The third-order valence-corrected chi connectivity index (χ3v) is 3.15. The highest BCUT2D eigenvalue weighted by Crippen LogP contribution is 2.35. The second-order valence-electron chi connectivity index (χ2n) is 5.69. The van der Waals surface area contributed by atoms with Crippen molar-refractivity contribution < 1.29 is 9.53 Å². The molecule has 5 heteroatoms. The van der Waals surface area contributed by atoms with Crippen LogP contribution in [-0.2, 0) is 4.74 Å². The fraction of sp³-hybridized carbons (Fsp3) is 0.692. The van der Waals surface area contributed by atoms with Gasteiger partial charge in [-0.05, 0) is 33.6 Å². The molecule has 1 N–H and O–H groups in total. The lowest BCUT2D eigenvalue weighted by Crippen LogP contribution is -2.40. The van der Waals surface area contributed by atoms with Gasteiger partial charge in [0.25, 0.3) is 0 Å². The Morgan fingerprint density at radius 2 is 2.33 bits per heavy atom. The van der Waals surface area contributed by atoms with Crippen LogP contribution in [0.3, 0.4) is 0 Å². The summed E-state index contributed by atoms with van der Waals surface area (Å²) in [5, 5.41) is 7.06. The van der Waals surface area contributed by atoms with Gasteiger partial charge in [0.2, 0.25) is 0 Å². The Morgan fingerprint density at radius 3 is 2.94 bits per heavy atom. The van der Waals surface area contributed by atoms with E-state index >= 15 is 0 Å². The van der Waals surface area contributed by atoms with Crippen molar-refractivity contribution in [3.05, 3.63) is 11.9 Å². The fourth-order valence-corrected chi connectivity index (χ4v) is 2.27. The van der Waals surface area contributed by atoms with Gasteiger partial charge < -0.3 is 4.74 Å². The number of hydrogen-bond acceptors (Lipinski definition) is 3. The van der Waals surface area contributed by atoms with Gasteiger partial charge in [-0.25, -0.2) is 4.79 Å². The van der Waals surface area contributed by atoms with Gasteiger partial charge in [0.15, 0.2) is 0 Å². The molecular weight excluding hydrogens is 230 g/mol. The number of anilines is 1. The van der Waals surface area contributed by atoms with Crippen LogP contribution < -0.4 is 4.90 Å². The molecular formula is C13H21N3O2. The number of carbonyl (C=O) groups excluding carboxylic acids is 1. The highest BCUT2D eigenvalue weighted by Gasteiger charge is 2.32. The van der Waals surface area contributed by atoms with Crippen LogP contribution in [0.4, 0.5) is 10.5 Å². The van der Waals surface area contributed by atoms with Crippen LogP contribution in [0.15, 0.2) is 6.20 Å². The molecule has 1 atom stereocenters. The summed E-state index contributed by atoms with van der Waals surface area (Å²) in [6.45, 7) is 8.47. The van der Waals surface area contributed by atoms with E-state index in [1.54, 1.807) is 11.1 Å². The van der Waals surface area contributed by atoms with E-state index < -0.39 is 5.60 Å². The number of amides is 1. The SMILES string of the molecule is CCC1CCN(C(=O)OC(C)(C)C)c2cn[nH]c21. The van der Waals surface area contributed by atoms with Crippen LogP contribution in [0.2, 0.25) is 0 Å². The maximum absolute atomic E-state index is 12.1. The molecule has 0 saturated heterocycles. The standard InChI is InChI=1S/C13H21N3O2/c1-5-9-6-7-16(10-8-14-15-11(9)10)12(17)18-13(2,3)4/h8-9H,5-7H2,1-4H3,(H,14,15). The van der Waals surface area contributed by atoms with Crippen molar-refractivity contribution in [3.63, 3.8) is 0 Å². The van der Waals surface area contributed by atoms with Crippen LogP contribution >= 0.6 is 0 Å². The molecule has 0 fully saturated rings. The Hall–Kier alpha value is -1.52. The first-order valence-corrected chi connectivity index (χ1v) is 6.46. The Bertz CT molecular complexity index is 434. The zero-order valence-electron chi connectivity index (χ0n) is 11.5. The first-order valence-electron chi connectivity index (χ1n) is 6.46. The summed E-state index contributed by atoms with van der Waals surface area (Å²) in [5.41, 5.74) is 1.44. The summed E-state index contributed by atoms with van der Waals surface area (Å²) in [7, 11) is 0. The molecule has 1 aliphatic rings. The number of nitrogens with one attached hydrogen (secondary N) is 1. The maximum Gasteiger partial charge on any atom is 0.414 e. The van der Waals surface area contributed by atoms with Crippen LogP contribution in [0.5, 0.6) is 0 Å². The Balaban J connectivity index is 2.20. The average Bonchev–Trinajstić information content (AvgIpc) is 2.73. The van der Waals surface area contributed by atoms with Gasteiger partial charge in [0.05, 0.1) is 17.6 Å². The molecule has 18 heavy (non-hydrogen) atoms. The molecule has 0 aromatic carbocycles. The number of rotatable bonds is 1. The molecule has 5 nitrogen and oxygen atoms in total. The molecule has 0 bridgehead atoms. The van der Waals surface area contributed by atoms with E-state index in [-0.39, 0.29) is 6.09 Å². The minimum Gasteiger partial charge on any atom is -0.443 e. The Morgan fingerprint density at radius 1 is 1.61 bits per heavy atom. The number of hydrogen-bond donors (Lipinski definition) is 1. The fourth-order valence-electron chi connectivity index (χ4n) is 2.27. The predicted octanol–water partition coefficient (Wildman–Crippen LogP) is 3.05. The zero-order valence-corrected chi connectivity index (χ0v) is 11.5. The molecule has 1 aromatic heterocycles. The summed E-state index contributed by atoms with van der Waals surface area (Å²) in [6, 6.07) is 0. The van der Waals surface area contributed by atoms with Crippen molar-refractivity contribution in [2.24, 2.45) is 0 Å². The number of fused-ring (bicyclic) bond motifs is 1. The Labute approximate surface area is 108 Å². The van der Waals surface area contributed by atoms with Gasteiger partial charge >= 0.3 is 6.09 Å². The lowest BCUT2D eigenvalue weighted by atomic mass is 9.94. The molecule has 0 aliphatic carbocycles. The first kappa shape index (κ1) is 12.9. The second-order valence-corrected chi connectivity index (χ2v) is 5.69. The monoisotopic (exact) mass is 251 g/mol. The third-order valence-electron chi connectivity index (χ3n) is 3.15. The number of H-pyrrole nitrogens is 1. The number of aromatic amines is 1. The minimum absolute atomic E-state index is 0.292. The summed E-state index contributed by atoms with van der Waals surface area (Å²) in [6.07, 6.45) is 3.42. The van der Waals surface area contributed by atoms with Gasteiger partial charge in [-0.2, -0.15) is 5.10 Å². The Kier molecular flexibility index (Phi) is 3.32. The predicted molar refractivity (Wildman–Crippen MR) is 69.8 cm³/mol. The van der Waals surface area contributed by atoms with E-state index in [0.717, 1.165) is 24.2 Å². The van der Waals surface area contributed by atoms with Gasteiger partial charge in [-0.15, -0.1) is 0 Å². The zero-order chi connectivity index (χ0) is 13.3. The minimum atomic E-state index is -0.470. The summed E-state index contributed by atoms with van der Waals surface area (Å²) >= 11 is 0. The van der Waals surface area contributed by atoms with Crippen LogP contribution in [0, 0.1) is 0 Å². The van der Waals surface area contributed by atoms with E-state index in [0.29, 0.717) is 12.5 Å². The van der Waals surface area contributed by atoms with E-state index in [4.69, 9.17) is 4.74 Å². The molecule has 1 aliphatic heterocycles. The second kappa shape index (κ2) is 4.63. The molecule has 1 aromatic rings. The first-order chi connectivity index (χ1) is 8.42. The molecule has 0 radical (unpaired) electrons. The quantitative estimate of drug-likeness (QED) is 0.834. The van der Waals surface area contributed by atoms with Crippen LogP contribution in [0.25, 0.3) is 0 Å². The van der Waals surface area contributed by atoms with Crippen molar-refractivity contribution in [1.82, 2.24) is 10.2 Å². The number of carbonyl (C=O) groups is 1. The van der Waals surface area contributed by atoms with Gasteiger partial charge in [0, 0.05) is 12.5 Å². The molecule has 2 heterocycles. The third kappa shape index (κ3) is 2.49.